The first-order valence-corrected chi connectivity index (χ1v) is 8.43. The molecule has 5 nitrogen and oxygen atoms in total. The number of rotatable bonds is 3. The average Bonchev–Trinajstić information content (AvgIpc) is 2.40. The Morgan fingerprint density at radius 2 is 2.20 bits per heavy atom. The second-order valence-electron chi connectivity index (χ2n) is 5.36. The lowest BCUT2D eigenvalue weighted by molar-refractivity contribution is 0.187. The second-order valence-corrected chi connectivity index (χ2v) is 7.71. The molecule has 1 aliphatic rings. The summed E-state index contributed by atoms with van der Waals surface area (Å²) in [5, 5.41) is 0.337. The fraction of sp³-hybridized carbons (Fsp3) is 0.615. The molecule has 112 valence electrons. The number of hydrogen-bond acceptors (Lipinski definition) is 4. The predicted molar refractivity (Wildman–Crippen MR) is 79.5 cm³/mol. The van der Waals surface area contributed by atoms with Crippen molar-refractivity contribution in [3.05, 3.63) is 23.0 Å². The van der Waals surface area contributed by atoms with Crippen LogP contribution in [-0.4, -0.2) is 55.8 Å². The van der Waals surface area contributed by atoms with Crippen molar-refractivity contribution in [3.8, 4) is 0 Å². The summed E-state index contributed by atoms with van der Waals surface area (Å²) < 4.78 is 26.7. The third kappa shape index (κ3) is 3.14. The van der Waals surface area contributed by atoms with Crippen LogP contribution in [0.4, 0.5) is 0 Å². The molecule has 0 saturated carbocycles. The van der Waals surface area contributed by atoms with Gasteiger partial charge >= 0.3 is 0 Å². The Labute approximate surface area is 125 Å². The van der Waals surface area contributed by atoms with Gasteiger partial charge in [0.1, 0.15) is 10.0 Å². The number of piperidine rings is 1. The number of likely N-dealkylation sites (tertiary alicyclic amines) is 1. The maximum absolute atomic E-state index is 12.6. The van der Waals surface area contributed by atoms with Crippen LogP contribution in [0, 0.1) is 6.92 Å². The van der Waals surface area contributed by atoms with E-state index >= 15 is 0 Å². The fourth-order valence-corrected chi connectivity index (χ4v) is 3.98. The summed E-state index contributed by atoms with van der Waals surface area (Å²) in [6, 6.07) is 1.59. The number of hydrogen-bond donors (Lipinski definition) is 0. The number of aryl methyl sites for hydroxylation is 1. The largest absolute Gasteiger partial charge is 0.305 e. The van der Waals surface area contributed by atoms with Gasteiger partial charge in [0.25, 0.3) is 0 Å². The molecule has 0 aromatic carbocycles. The van der Waals surface area contributed by atoms with Gasteiger partial charge in [-0.1, -0.05) is 11.6 Å². The molecule has 2 heterocycles. The first-order valence-electron chi connectivity index (χ1n) is 6.61. The average molecular weight is 318 g/mol. The van der Waals surface area contributed by atoms with E-state index in [1.807, 2.05) is 7.05 Å². The number of likely N-dealkylation sites (N-methyl/N-ethyl adjacent to an activating group) is 2. The zero-order valence-electron chi connectivity index (χ0n) is 12.0. The van der Waals surface area contributed by atoms with Crippen LogP contribution in [-0.2, 0) is 10.0 Å². The van der Waals surface area contributed by atoms with Crippen LogP contribution < -0.4 is 0 Å². The third-order valence-electron chi connectivity index (χ3n) is 3.78. The van der Waals surface area contributed by atoms with Crippen molar-refractivity contribution in [1.82, 2.24) is 14.2 Å². The van der Waals surface area contributed by atoms with Crippen LogP contribution in [0.1, 0.15) is 18.4 Å². The maximum Gasteiger partial charge on any atom is 0.244 e. The molecule has 1 aromatic rings. The van der Waals surface area contributed by atoms with E-state index in [9.17, 15) is 8.42 Å². The second kappa shape index (κ2) is 5.97. The van der Waals surface area contributed by atoms with Gasteiger partial charge in [0, 0.05) is 25.8 Å². The number of aromatic nitrogens is 1. The molecule has 1 fully saturated rings. The van der Waals surface area contributed by atoms with Gasteiger partial charge in [0.15, 0.2) is 0 Å². The summed E-state index contributed by atoms with van der Waals surface area (Å²) >= 11 is 5.85. The molecule has 1 atom stereocenters. The van der Waals surface area contributed by atoms with E-state index in [0.29, 0.717) is 10.7 Å². The van der Waals surface area contributed by atoms with Gasteiger partial charge in [-0.25, -0.2) is 13.4 Å². The van der Waals surface area contributed by atoms with E-state index in [0.717, 1.165) is 25.9 Å². The molecule has 2 rings (SSSR count). The predicted octanol–water partition coefficient (Wildman–Crippen LogP) is 1.76. The van der Waals surface area contributed by atoms with Gasteiger partial charge in [-0.2, -0.15) is 4.31 Å². The van der Waals surface area contributed by atoms with Crippen LogP contribution >= 0.6 is 11.6 Å². The number of halogens is 1. The van der Waals surface area contributed by atoms with Crippen molar-refractivity contribution in [2.45, 2.75) is 30.7 Å². The van der Waals surface area contributed by atoms with Crippen molar-refractivity contribution in [2.75, 3.05) is 27.2 Å². The Kier molecular flexibility index (Phi) is 4.69. The van der Waals surface area contributed by atoms with Crippen LogP contribution in [0.25, 0.3) is 0 Å². The van der Waals surface area contributed by atoms with Gasteiger partial charge in [-0.3, -0.25) is 0 Å². The zero-order chi connectivity index (χ0) is 14.9. The zero-order valence-corrected chi connectivity index (χ0v) is 13.6. The van der Waals surface area contributed by atoms with Crippen LogP contribution in [0.15, 0.2) is 17.2 Å². The number of nitrogens with zero attached hydrogens (tertiary/aromatic N) is 3. The minimum atomic E-state index is -3.52. The molecule has 20 heavy (non-hydrogen) atoms. The molecule has 1 unspecified atom stereocenters. The molecule has 1 aromatic heterocycles. The van der Waals surface area contributed by atoms with Crippen LogP contribution in [0.5, 0.6) is 0 Å². The maximum atomic E-state index is 12.6. The summed E-state index contributed by atoms with van der Waals surface area (Å²) in [4.78, 5) is 6.30. The molecular weight excluding hydrogens is 298 g/mol. The topological polar surface area (TPSA) is 53.5 Å². The van der Waals surface area contributed by atoms with Crippen LogP contribution in [0.2, 0.25) is 5.15 Å². The Hall–Kier alpha value is -0.690. The summed E-state index contributed by atoms with van der Waals surface area (Å²) in [5.41, 5.74) is 0.668. The molecule has 0 spiro atoms. The molecule has 0 bridgehead atoms. The minimum absolute atomic E-state index is 0.00901. The first-order chi connectivity index (χ1) is 9.32. The smallest absolute Gasteiger partial charge is 0.244 e. The molecular formula is C13H20ClN3O2S. The highest BCUT2D eigenvalue weighted by Gasteiger charge is 2.30. The van der Waals surface area contributed by atoms with Gasteiger partial charge in [0.2, 0.25) is 10.0 Å². The van der Waals surface area contributed by atoms with Gasteiger partial charge in [0.05, 0.1) is 0 Å². The molecule has 0 amide bonds. The Morgan fingerprint density at radius 1 is 1.50 bits per heavy atom. The SMILES string of the molecule is Cc1cc(S(=O)(=O)N(C)C2CCCN(C)C2)cnc1Cl. The van der Waals surface area contributed by atoms with E-state index in [-0.39, 0.29) is 10.9 Å². The molecule has 1 aliphatic heterocycles. The molecule has 1 saturated heterocycles. The van der Waals surface area contributed by atoms with Gasteiger partial charge in [-0.15, -0.1) is 0 Å². The quantitative estimate of drug-likeness (QED) is 0.797. The van der Waals surface area contributed by atoms with E-state index in [1.165, 1.54) is 10.5 Å². The monoisotopic (exact) mass is 317 g/mol. The minimum Gasteiger partial charge on any atom is -0.305 e. The highest BCUT2D eigenvalue weighted by atomic mass is 35.5. The Morgan fingerprint density at radius 3 is 2.80 bits per heavy atom. The van der Waals surface area contributed by atoms with E-state index in [1.54, 1.807) is 20.0 Å². The highest BCUT2D eigenvalue weighted by Crippen LogP contribution is 2.23. The first kappa shape index (κ1) is 15.7. The van der Waals surface area contributed by atoms with Crippen molar-refractivity contribution in [1.29, 1.82) is 0 Å². The molecule has 0 N–H and O–H groups in total. The Bertz CT molecular complexity index is 591. The molecule has 0 aliphatic carbocycles. The van der Waals surface area contributed by atoms with Crippen molar-refractivity contribution in [2.24, 2.45) is 0 Å². The van der Waals surface area contributed by atoms with E-state index < -0.39 is 10.0 Å². The van der Waals surface area contributed by atoms with Crippen molar-refractivity contribution >= 4 is 21.6 Å². The number of pyridine rings is 1. The van der Waals surface area contributed by atoms with Crippen molar-refractivity contribution in [3.63, 3.8) is 0 Å². The van der Waals surface area contributed by atoms with Gasteiger partial charge in [-0.05, 0) is 45.0 Å². The normalized spacial score (nSPS) is 21.4. The van der Waals surface area contributed by atoms with Gasteiger partial charge < -0.3 is 4.90 Å². The third-order valence-corrected chi connectivity index (χ3v) is 6.05. The van der Waals surface area contributed by atoms with E-state index in [2.05, 4.69) is 9.88 Å². The Balaban J connectivity index is 2.26. The summed E-state index contributed by atoms with van der Waals surface area (Å²) in [5.74, 6) is 0. The standard InChI is InChI=1S/C13H20ClN3O2S/c1-10-7-12(8-15-13(10)14)20(18,19)17(3)11-5-4-6-16(2)9-11/h7-8,11H,4-6,9H2,1-3H3. The van der Waals surface area contributed by atoms with Crippen LogP contribution in [0.3, 0.4) is 0 Å². The highest BCUT2D eigenvalue weighted by molar-refractivity contribution is 7.89. The summed E-state index contributed by atoms with van der Waals surface area (Å²) in [7, 11) is 0.141. The van der Waals surface area contributed by atoms with Crippen molar-refractivity contribution < 1.29 is 8.42 Å². The van der Waals surface area contributed by atoms with E-state index in [4.69, 9.17) is 11.6 Å². The lowest BCUT2D eigenvalue weighted by Gasteiger charge is -2.35. The summed E-state index contributed by atoms with van der Waals surface area (Å²) in [6.45, 7) is 3.53. The number of sulfonamides is 1. The fourth-order valence-electron chi connectivity index (χ4n) is 2.47. The lowest BCUT2D eigenvalue weighted by Crippen LogP contribution is -2.47. The summed E-state index contributed by atoms with van der Waals surface area (Å²) in [6.07, 6.45) is 3.23. The molecule has 0 radical (unpaired) electrons. The lowest BCUT2D eigenvalue weighted by atomic mass is 10.1. The molecule has 7 heteroatoms.